The Kier molecular flexibility index (Phi) is 3.37. The molecule has 17 heavy (non-hydrogen) atoms. The van der Waals surface area contributed by atoms with Crippen molar-refractivity contribution in [1.29, 1.82) is 0 Å². The highest BCUT2D eigenvalue weighted by Crippen LogP contribution is 2.32. The summed E-state index contributed by atoms with van der Waals surface area (Å²) < 4.78 is 26.6. The van der Waals surface area contributed by atoms with Crippen molar-refractivity contribution in [1.82, 2.24) is 14.9 Å². The molecule has 3 atom stereocenters. The van der Waals surface area contributed by atoms with Crippen LogP contribution in [0.2, 0.25) is 0 Å². The molecule has 0 aliphatic heterocycles. The van der Waals surface area contributed by atoms with E-state index in [1.54, 1.807) is 0 Å². The summed E-state index contributed by atoms with van der Waals surface area (Å²) in [7, 11) is -3.56. The fourth-order valence-electron chi connectivity index (χ4n) is 2.11. The first-order valence-corrected chi connectivity index (χ1v) is 7.81. The van der Waals surface area contributed by atoms with E-state index in [0.29, 0.717) is 11.8 Å². The summed E-state index contributed by atoms with van der Waals surface area (Å²) in [5.41, 5.74) is 5.39. The van der Waals surface area contributed by atoms with Gasteiger partial charge in [0.05, 0.1) is 0 Å². The minimum atomic E-state index is -3.56. The van der Waals surface area contributed by atoms with Crippen molar-refractivity contribution in [3.8, 4) is 0 Å². The van der Waals surface area contributed by atoms with E-state index in [2.05, 4.69) is 28.8 Å². The Balaban J connectivity index is 2.13. The highest BCUT2D eigenvalue weighted by molar-refractivity contribution is 7.91. The first-order chi connectivity index (χ1) is 7.90. The minimum absolute atomic E-state index is 0.0138. The minimum Gasteiger partial charge on any atom is -0.374 e. The first-order valence-electron chi connectivity index (χ1n) is 5.51. The highest BCUT2D eigenvalue weighted by atomic mass is 32.2. The van der Waals surface area contributed by atoms with E-state index in [1.165, 1.54) is 0 Å². The molecule has 96 valence electrons. The van der Waals surface area contributed by atoms with E-state index in [4.69, 9.17) is 5.73 Å². The van der Waals surface area contributed by atoms with E-state index >= 15 is 0 Å². The van der Waals surface area contributed by atoms with E-state index in [0.717, 1.165) is 24.2 Å². The molecule has 1 aliphatic rings. The number of aromatic nitrogens is 2. The number of nitrogens with zero attached hydrogens (tertiary/aromatic N) is 2. The van der Waals surface area contributed by atoms with Gasteiger partial charge in [-0.1, -0.05) is 25.2 Å². The highest BCUT2D eigenvalue weighted by Gasteiger charge is 2.34. The molecule has 1 aliphatic carbocycles. The SMILES string of the molecule is CC1CCC(NS(=O)(=O)c2nnc(N)s2)C1C. The summed E-state index contributed by atoms with van der Waals surface area (Å²) in [5.74, 6) is 0.886. The maximum atomic E-state index is 12.0. The van der Waals surface area contributed by atoms with Crippen LogP contribution in [0.4, 0.5) is 5.13 Å². The third-order valence-corrected chi connectivity index (χ3v) is 6.03. The van der Waals surface area contributed by atoms with Gasteiger partial charge in [0.2, 0.25) is 9.47 Å². The molecule has 0 aromatic carbocycles. The molecule has 8 heteroatoms. The molecule has 6 nitrogen and oxygen atoms in total. The lowest BCUT2D eigenvalue weighted by atomic mass is 9.98. The third-order valence-electron chi connectivity index (χ3n) is 3.42. The Hall–Kier alpha value is -0.730. The second kappa shape index (κ2) is 4.51. The van der Waals surface area contributed by atoms with Gasteiger partial charge in [-0.3, -0.25) is 0 Å². The zero-order valence-corrected chi connectivity index (χ0v) is 11.4. The molecule has 2 rings (SSSR count). The maximum Gasteiger partial charge on any atom is 0.270 e. The van der Waals surface area contributed by atoms with Gasteiger partial charge in [0.1, 0.15) is 0 Å². The van der Waals surface area contributed by atoms with E-state index in [9.17, 15) is 8.42 Å². The van der Waals surface area contributed by atoms with Crippen LogP contribution in [0.15, 0.2) is 4.34 Å². The smallest absolute Gasteiger partial charge is 0.270 e. The van der Waals surface area contributed by atoms with Gasteiger partial charge >= 0.3 is 0 Å². The van der Waals surface area contributed by atoms with Crippen LogP contribution in [-0.2, 0) is 10.0 Å². The molecule has 3 N–H and O–H groups in total. The van der Waals surface area contributed by atoms with Crippen molar-refractivity contribution >= 4 is 26.5 Å². The van der Waals surface area contributed by atoms with Gasteiger partial charge < -0.3 is 5.73 Å². The second-order valence-electron chi connectivity index (χ2n) is 4.55. The summed E-state index contributed by atoms with van der Waals surface area (Å²) in [4.78, 5) is 0. The van der Waals surface area contributed by atoms with E-state index in [-0.39, 0.29) is 15.5 Å². The fourth-order valence-corrected chi connectivity index (χ4v) is 4.27. The molecule has 0 saturated heterocycles. The van der Waals surface area contributed by atoms with Crippen LogP contribution < -0.4 is 10.5 Å². The molecular weight excluding hydrogens is 260 g/mol. The molecule has 0 spiro atoms. The maximum absolute atomic E-state index is 12.0. The lowest BCUT2D eigenvalue weighted by Crippen LogP contribution is -2.37. The molecule has 1 saturated carbocycles. The summed E-state index contributed by atoms with van der Waals surface area (Å²) in [6.45, 7) is 4.21. The molecule has 1 heterocycles. The van der Waals surface area contributed by atoms with E-state index in [1.807, 2.05) is 0 Å². The summed E-state index contributed by atoms with van der Waals surface area (Å²) in [6.07, 6.45) is 1.92. The zero-order chi connectivity index (χ0) is 12.6. The van der Waals surface area contributed by atoms with Crippen molar-refractivity contribution in [3.63, 3.8) is 0 Å². The van der Waals surface area contributed by atoms with Crippen molar-refractivity contribution in [2.75, 3.05) is 5.73 Å². The number of hydrogen-bond donors (Lipinski definition) is 2. The number of hydrogen-bond acceptors (Lipinski definition) is 6. The molecule has 0 amide bonds. The predicted octanol–water partition coefficient (Wildman–Crippen LogP) is 0.833. The number of nitrogens with two attached hydrogens (primary N) is 1. The van der Waals surface area contributed by atoms with Crippen molar-refractivity contribution < 1.29 is 8.42 Å². The van der Waals surface area contributed by atoms with Crippen LogP contribution in [-0.4, -0.2) is 24.7 Å². The number of nitrogen functional groups attached to an aromatic ring is 1. The van der Waals surface area contributed by atoms with Gasteiger partial charge in [-0.15, -0.1) is 10.2 Å². The Morgan fingerprint density at radius 2 is 2.06 bits per heavy atom. The standard InChI is InChI=1S/C9H16N4O2S2/c1-5-3-4-7(6(5)2)13-17(14,15)9-12-11-8(10)16-9/h5-7,13H,3-4H2,1-2H3,(H2,10,11). The average molecular weight is 276 g/mol. The largest absolute Gasteiger partial charge is 0.374 e. The number of sulfonamides is 1. The van der Waals surface area contributed by atoms with Crippen molar-refractivity contribution in [2.45, 2.75) is 37.1 Å². The summed E-state index contributed by atoms with van der Waals surface area (Å²) >= 11 is 0.885. The summed E-state index contributed by atoms with van der Waals surface area (Å²) in [6, 6.07) is -0.0138. The Morgan fingerprint density at radius 1 is 1.35 bits per heavy atom. The van der Waals surface area contributed by atoms with Crippen molar-refractivity contribution in [3.05, 3.63) is 0 Å². The predicted molar refractivity (Wildman–Crippen MR) is 66.0 cm³/mol. The monoisotopic (exact) mass is 276 g/mol. The van der Waals surface area contributed by atoms with Gasteiger partial charge in [0.25, 0.3) is 10.0 Å². The van der Waals surface area contributed by atoms with Gasteiger partial charge in [-0.25, -0.2) is 13.1 Å². The summed E-state index contributed by atoms with van der Waals surface area (Å²) in [5, 5.41) is 7.25. The number of rotatable bonds is 3. The Bertz CT molecular complexity index is 499. The Morgan fingerprint density at radius 3 is 2.53 bits per heavy atom. The van der Waals surface area contributed by atoms with Gasteiger partial charge in [0.15, 0.2) is 0 Å². The molecule has 0 radical (unpaired) electrons. The molecule has 1 aromatic heterocycles. The van der Waals surface area contributed by atoms with Crippen LogP contribution >= 0.6 is 11.3 Å². The fraction of sp³-hybridized carbons (Fsp3) is 0.778. The lowest BCUT2D eigenvalue weighted by molar-refractivity contribution is 0.402. The Labute approximate surface area is 105 Å². The second-order valence-corrected chi connectivity index (χ2v) is 7.44. The lowest BCUT2D eigenvalue weighted by Gasteiger charge is -2.18. The van der Waals surface area contributed by atoms with Gasteiger partial charge in [-0.2, -0.15) is 0 Å². The van der Waals surface area contributed by atoms with Crippen LogP contribution in [0.1, 0.15) is 26.7 Å². The molecule has 3 unspecified atom stereocenters. The molecular formula is C9H16N4O2S2. The van der Waals surface area contributed by atoms with Crippen LogP contribution in [0.5, 0.6) is 0 Å². The van der Waals surface area contributed by atoms with Crippen molar-refractivity contribution in [2.24, 2.45) is 11.8 Å². The molecule has 1 fully saturated rings. The first kappa shape index (κ1) is 12.7. The van der Waals surface area contributed by atoms with Gasteiger partial charge in [0, 0.05) is 6.04 Å². The van der Waals surface area contributed by atoms with Gasteiger partial charge in [-0.05, 0) is 24.7 Å². The van der Waals surface area contributed by atoms with E-state index < -0.39 is 10.0 Å². The zero-order valence-electron chi connectivity index (χ0n) is 9.75. The van der Waals surface area contributed by atoms with Crippen LogP contribution in [0, 0.1) is 11.8 Å². The molecule has 0 bridgehead atoms. The third kappa shape index (κ3) is 2.58. The quantitative estimate of drug-likeness (QED) is 0.852. The molecule has 1 aromatic rings. The number of nitrogens with one attached hydrogen (secondary N) is 1. The normalized spacial score (nSPS) is 29.6. The number of anilines is 1. The topological polar surface area (TPSA) is 98.0 Å². The van der Waals surface area contributed by atoms with Crippen LogP contribution in [0.3, 0.4) is 0 Å². The average Bonchev–Trinajstić information content (AvgIpc) is 2.80. The van der Waals surface area contributed by atoms with Crippen LogP contribution in [0.25, 0.3) is 0 Å².